The van der Waals surface area contributed by atoms with Crippen molar-refractivity contribution < 1.29 is 13.9 Å². The van der Waals surface area contributed by atoms with Crippen LogP contribution in [0.25, 0.3) is 0 Å². The van der Waals surface area contributed by atoms with Crippen molar-refractivity contribution in [2.45, 2.75) is 13.0 Å². The average molecular weight is 358 g/mol. The molecule has 0 aliphatic heterocycles. The molecule has 6 heteroatoms. The van der Waals surface area contributed by atoms with Crippen molar-refractivity contribution >= 4 is 38.9 Å². The summed E-state index contributed by atoms with van der Waals surface area (Å²) in [6, 6.07) is 6.03. The van der Waals surface area contributed by atoms with Crippen molar-refractivity contribution in [2.75, 3.05) is 12.4 Å². The molecule has 1 heterocycles. The number of carbonyl (C=O) groups is 1. The smallest absolute Gasteiger partial charge is 0.340 e. The Morgan fingerprint density at radius 2 is 2.20 bits per heavy atom. The van der Waals surface area contributed by atoms with Crippen LogP contribution in [-0.2, 0) is 4.74 Å². The van der Waals surface area contributed by atoms with Gasteiger partial charge in [0.1, 0.15) is 5.82 Å². The van der Waals surface area contributed by atoms with Crippen molar-refractivity contribution in [3.8, 4) is 0 Å². The van der Waals surface area contributed by atoms with Gasteiger partial charge >= 0.3 is 5.97 Å². The summed E-state index contributed by atoms with van der Waals surface area (Å²) in [4.78, 5) is 12.8. The fraction of sp³-hybridized carbons (Fsp3) is 0.214. The first-order valence-corrected chi connectivity index (χ1v) is 7.57. The van der Waals surface area contributed by atoms with Crippen molar-refractivity contribution in [3.05, 3.63) is 50.4 Å². The second-order valence-electron chi connectivity index (χ2n) is 4.21. The number of halogens is 2. The van der Waals surface area contributed by atoms with Crippen molar-refractivity contribution in [1.82, 2.24) is 0 Å². The summed E-state index contributed by atoms with van der Waals surface area (Å²) in [5.41, 5.74) is 0.741. The molecule has 0 spiro atoms. The molecule has 0 amide bonds. The van der Waals surface area contributed by atoms with Gasteiger partial charge in [0.05, 0.1) is 18.7 Å². The van der Waals surface area contributed by atoms with E-state index in [1.807, 2.05) is 18.4 Å². The number of hydrogen-bond acceptors (Lipinski definition) is 4. The van der Waals surface area contributed by atoms with E-state index in [2.05, 4.69) is 26.0 Å². The highest BCUT2D eigenvalue weighted by Crippen LogP contribution is 2.29. The second-order valence-corrected chi connectivity index (χ2v) is 6.07. The largest absolute Gasteiger partial charge is 0.465 e. The Labute approximate surface area is 128 Å². The van der Waals surface area contributed by atoms with E-state index < -0.39 is 11.8 Å². The molecule has 0 saturated heterocycles. The number of hydrogen-bond donors (Lipinski definition) is 1. The summed E-state index contributed by atoms with van der Waals surface area (Å²) in [7, 11) is 1.27. The maximum Gasteiger partial charge on any atom is 0.340 e. The van der Waals surface area contributed by atoms with E-state index in [4.69, 9.17) is 0 Å². The summed E-state index contributed by atoms with van der Waals surface area (Å²) in [5.74, 6) is -1.03. The molecule has 0 radical (unpaired) electrons. The van der Waals surface area contributed by atoms with E-state index in [9.17, 15) is 9.18 Å². The highest BCUT2D eigenvalue weighted by molar-refractivity contribution is 9.10. The van der Waals surface area contributed by atoms with Crippen LogP contribution in [0.1, 0.15) is 28.2 Å². The van der Waals surface area contributed by atoms with Gasteiger partial charge < -0.3 is 10.1 Å². The zero-order chi connectivity index (χ0) is 14.7. The number of esters is 1. The first-order chi connectivity index (χ1) is 9.51. The Balaban J connectivity index is 2.26. The lowest BCUT2D eigenvalue weighted by molar-refractivity contribution is 0.0601. The van der Waals surface area contributed by atoms with Crippen LogP contribution in [0.3, 0.4) is 0 Å². The molecule has 1 atom stereocenters. The number of benzene rings is 1. The number of methoxy groups -OCH3 is 1. The second kappa shape index (κ2) is 6.37. The zero-order valence-electron chi connectivity index (χ0n) is 10.9. The van der Waals surface area contributed by atoms with Crippen LogP contribution in [0.2, 0.25) is 0 Å². The molecule has 2 aromatic rings. The van der Waals surface area contributed by atoms with E-state index in [1.54, 1.807) is 17.4 Å². The Morgan fingerprint density at radius 3 is 2.80 bits per heavy atom. The van der Waals surface area contributed by atoms with Crippen LogP contribution in [0.15, 0.2) is 34.1 Å². The molecule has 1 aromatic heterocycles. The van der Waals surface area contributed by atoms with Crippen LogP contribution in [0.4, 0.5) is 10.1 Å². The molecule has 1 unspecified atom stereocenters. The third-order valence-corrected chi connectivity index (χ3v) is 4.65. The molecule has 2 rings (SSSR count). The summed E-state index contributed by atoms with van der Waals surface area (Å²) < 4.78 is 19.0. The maximum absolute atomic E-state index is 13.3. The van der Waals surface area contributed by atoms with Gasteiger partial charge in [-0.05, 0) is 47.1 Å². The van der Waals surface area contributed by atoms with E-state index in [-0.39, 0.29) is 11.6 Å². The summed E-state index contributed by atoms with van der Waals surface area (Å²) in [6.07, 6.45) is 0. The van der Waals surface area contributed by atoms with Crippen LogP contribution in [-0.4, -0.2) is 13.1 Å². The van der Waals surface area contributed by atoms with Gasteiger partial charge in [0.2, 0.25) is 0 Å². The fourth-order valence-corrected chi connectivity index (χ4v) is 3.23. The normalized spacial score (nSPS) is 12.0. The number of rotatable bonds is 4. The lowest BCUT2D eigenvalue weighted by Gasteiger charge is -2.16. The highest BCUT2D eigenvalue weighted by Gasteiger charge is 2.16. The number of nitrogens with one attached hydrogen (secondary N) is 1. The third kappa shape index (κ3) is 3.37. The van der Waals surface area contributed by atoms with Gasteiger partial charge in [-0.1, -0.05) is 0 Å². The van der Waals surface area contributed by atoms with E-state index >= 15 is 0 Å². The minimum absolute atomic E-state index is 0.000155. The zero-order valence-corrected chi connectivity index (χ0v) is 13.3. The van der Waals surface area contributed by atoms with E-state index in [0.717, 1.165) is 9.35 Å². The first-order valence-electron chi connectivity index (χ1n) is 5.89. The fourth-order valence-electron chi connectivity index (χ4n) is 1.78. The SMILES string of the molecule is COC(=O)c1cc(F)ccc1NC(C)c1cc(Br)cs1. The van der Waals surface area contributed by atoms with E-state index in [0.29, 0.717) is 5.69 Å². The third-order valence-electron chi connectivity index (χ3n) is 2.77. The number of thiophene rings is 1. The molecule has 0 fully saturated rings. The van der Waals surface area contributed by atoms with Gasteiger partial charge in [-0.15, -0.1) is 11.3 Å². The summed E-state index contributed by atoms with van der Waals surface area (Å²) in [5, 5.41) is 5.19. The summed E-state index contributed by atoms with van der Waals surface area (Å²) in [6.45, 7) is 1.97. The minimum atomic E-state index is -0.563. The molecule has 0 aliphatic carbocycles. The van der Waals surface area contributed by atoms with Crippen molar-refractivity contribution in [2.24, 2.45) is 0 Å². The van der Waals surface area contributed by atoms with Crippen molar-refractivity contribution in [3.63, 3.8) is 0 Å². The number of anilines is 1. The Kier molecular flexibility index (Phi) is 4.77. The maximum atomic E-state index is 13.3. The van der Waals surface area contributed by atoms with Gasteiger partial charge in [0, 0.05) is 20.4 Å². The molecule has 0 saturated carbocycles. The van der Waals surface area contributed by atoms with Crippen LogP contribution < -0.4 is 5.32 Å². The monoisotopic (exact) mass is 357 g/mol. The number of carbonyl (C=O) groups excluding carboxylic acids is 1. The van der Waals surface area contributed by atoms with Crippen LogP contribution in [0.5, 0.6) is 0 Å². The summed E-state index contributed by atoms with van der Waals surface area (Å²) >= 11 is 5.00. The van der Waals surface area contributed by atoms with Crippen LogP contribution in [0, 0.1) is 5.82 Å². The van der Waals surface area contributed by atoms with Crippen molar-refractivity contribution in [1.29, 1.82) is 0 Å². The Hall–Kier alpha value is -1.40. The van der Waals surface area contributed by atoms with E-state index in [1.165, 1.54) is 19.2 Å². The quantitative estimate of drug-likeness (QED) is 0.812. The number of ether oxygens (including phenoxy) is 1. The Morgan fingerprint density at radius 1 is 1.45 bits per heavy atom. The molecular weight excluding hydrogens is 345 g/mol. The molecule has 106 valence electrons. The first kappa shape index (κ1) is 15.0. The van der Waals surface area contributed by atoms with Crippen LogP contribution >= 0.6 is 27.3 Å². The predicted molar refractivity (Wildman–Crippen MR) is 81.8 cm³/mol. The van der Waals surface area contributed by atoms with Gasteiger partial charge in [-0.25, -0.2) is 9.18 Å². The topological polar surface area (TPSA) is 38.3 Å². The molecule has 1 N–H and O–H groups in total. The predicted octanol–water partition coefficient (Wildman–Crippen LogP) is 4.61. The minimum Gasteiger partial charge on any atom is -0.465 e. The molecule has 3 nitrogen and oxygen atoms in total. The van der Waals surface area contributed by atoms with Gasteiger partial charge in [-0.2, -0.15) is 0 Å². The molecule has 0 bridgehead atoms. The lowest BCUT2D eigenvalue weighted by atomic mass is 10.1. The lowest BCUT2D eigenvalue weighted by Crippen LogP contribution is -2.11. The molecule has 1 aromatic carbocycles. The average Bonchev–Trinajstić information content (AvgIpc) is 2.86. The molecule has 0 aliphatic rings. The standard InChI is InChI=1S/C14H13BrFNO2S/c1-8(13-5-9(15)7-20-13)17-12-4-3-10(16)6-11(12)14(18)19-2/h3-8,17H,1-2H3. The molecular formula is C14H13BrFNO2S. The highest BCUT2D eigenvalue weighted by atomic mass is 79.9. The van der Waals surface area contributed by atoms with Gasteiger partial charge in [0.15, 0.2) is 0 Å². The Bertz CT molecular complexity index is 629. The van der Waals surface area contributed by atoms with Gasteiger partial charge in [-0.3, -0.25) is 0 Å². The van der Waals surface area contributed by atoms with Gasteiger partial charge in [0.25, 0.3) is 0 Å². The molecule has 20 heavy (non-hydrogen) atoms.